The molecule has 1 fully saturated rings. The number of anilines is 1. The maximum atomic E-state index is 12.0. The van der Waals surface area contributed by atoms with E-state index in [1.54, 1.807) is 17.0 Å². The minimum atomic E-state index is -0.189. The van der Waals surface area contributed by atoms with E-state index in [0.717, 1.165) is 24.1 Å². The van der Waals surface area contributed by atoms with Gasteiger partial charge in [0.25, 0.3) is 0 Å². The molecule has 0 atom stereocenters. The van der Waals surface area contributed by atoms with Crippen molar-refractivity contribution in [3.8, 4) is 0 Å². The topological polar surface area (TPSA) is 56.0 Å². The maximum absolute atomic E-state index is 12.0. The molecule has 104 valence electrons. The highest BCUT2D eigenvalue weighted by Crippen LogP contribution is 2.33. The number of carbonyl (C=O) groups is 1. The number of amides is 1. The lowest BCUT2D eigenvalue weighted by Crippen LogP contribution is -2.28. The molecular weight excluding hydrogens is 254 g/mol. The van der Waals surface area contributed by atoms with Gasteiger partial charge >= 0.3 is 5.69 Å². The van der Waals surface area contributed by atoms with E-state index in [1.165, 1.54) is 4.57 Å². The molecular formula is C15H17N3O2. The summed E-state index contributed by atoms with van der Waals surface area (Å²) in [5.41, 5.74) is 1.73. The number of hydrogen-bond acceptors (Lipinski definition) is 2. The van der Waals surface area contributed by atoms with Crippen LogP contribution in [0.15, 0.2) is 41.5 Å². The first kappa shape index (κ1) is 12.7. The van der Waals surface area contributed by atoms with Crippen LogP contribution >= 0.6 is 0 Å². The smallest absolute Gasteiger partial charge is 0.325 e. The first-order chi connectivity index (χ1) is 9.63. The van der Waals surface area contributed by atoms with Crippen molar-refractivity contribution in [2.24, 2.45) is 0 Å². The minimum absolute atomic E-state index is 0.0481. The Morgan fingerprint density at radius 3 is 2.85 bits per heavy atom. The van der Waals surface area contributed by atoms with Crippen LogP contribution in [0.1, 0.15) is 24.4 Å². The fourth-order valence-electron chi connectivity index (χ4n) is 2.26. The van der Waals surface area contributed by atoms with Gasteiger partial charge in [0.05, 0.1) is 0 Å². The van der Waals surface area contributed by atoms with Crippen LogP contribution in [0.5, 0.6) is 0 Å². The molecule has 0 bridgehead atoms. The van der Waals surface area contributed by atoms with Crippen LogP contribution in [0.4, 0.5) is 5.69 Å². The minimum Gasteiger partial charge on any atom is -0.325 e. The number of nitrogens with one attached hydrogen (secondary N) is 1. The van der Waals surface area contributed by atoms with Crippen LogP contribution in [0.3, 0.4) is 0 Å². The molecule has 0 radical (unpaired) electrons. The van der Waals surface area contributed by atoms with Gasteiger partial charge in [-0.15, -0.1) is 0 Å². The lowest BCUT2D eigenvalue weighted by atomic mass is 10.2. The van der Waals surface area contributed by atoms with Crippen molar-refractivity contribution in [2.75, 3.05) is 5.32 Å². The molecule has 2 aromatic rings. The van der Waals surface area contributed by atoms with E-state index >= 15 is 0 Å². The van der Waals surface area contributed by atoms with Crippen molar-refractivity contribution < 1.29 is 4.79 Å². The van der Waals surface area contributed by atoms with Gasteiger partial charge in [-0.3, -0.25) is 13.9 Å². The summed E-state index contributed by atoms with van der Waals surface area (Å²) in [4.78, 5) is 24.0. The molecule has 0 aliphatic heterocycles. The van der Waals surface area contributed by atoms with Crippen LogP contribution in [0.25, 0.3) is 0 Å². The van der Waals surface area contributed by atoms with Crippen LogP contribution in [0.2, 0.25) is 0 Å². The van der Waals surface area contributed by atoms with Gasteiger partial charge in [0.15, 0.2) is 0 Å². The molecule has 1 N–H and O–H groups in total. The second-order valence-corrected chi connectivity index (χ2v) is 5.26. The third-order valence-electron chi connectivity index (χ3n) is 3.43. The number of imidazole rings is 1. The van der Waals surface area contributed by atoms with E-state index in [-0.39, 0.29) is 18.1 Å². The SMILES string of the molecule is Cc1cccc(NC(=O)Cn2ccn(C3CC3)c2=O)c1. The third kappa shape index (κ3) is 2.66. The summed E-state index contributed by atoms with van der Waals surface area (Å²) in [7, 11) is 0. The lowest BCUT2D eigenvalue weighted by molar-refractivity contribution is -0.116. The number of aryl methyl sites for hydroxylation is 1. The van der Waals surface area contributed by atoms with E-state index in [1.807, 2.05) is 31.2 Å². The molecule has 1 aromatic carbocycles. The van der Waals surface area contributed by atoms with Crippen molar-refractivity contribution in [3.05, 3.63) is 52.7 Å². The van der Waals surface area contributed by atoms with Gasteiger partial charge in [0.2, 0.25) is 5.91 Å². The molecule has 1 heterocycles. The predicted molar refractivity (Wildman–Crippen MR) is 76.8 cm³/mol. The Balaban J connectivity index is 1.68. The number of benzene rings is 1. The second-order valence-electron chi connectivity index (χ2n) is 5.26. The van der Waals surface area contributed by atoms with Crippen LogP contribution < -0.4 is 11.0 Å². The predicted octanol–water partition coefficient (Wildman–Crippen LogP) is 1.93. The molecule has 20 heavy (non-hydrogen) atoms. The molecule has 1 aliphatic carbocycles. The first-order valence-corrected chi connectivity index (χ1v) is 6.77. The molecule has 0 saturated heterocycles. The molecule has 0 spiro atoms. The highest BCUT2D eigenvalue weighted by Gasteiger charge is 2.25. The van der Waals surface area contributed by atoms with Crippen molar-refractivity contribution in [1.82, 2.24) is 9.13 Å². The zero-order chi connectivity index (χ0) is 14.1. The fourth-order valence-corrected chi connectivity index (χ4v) is 2.26. The summed E-state index contributed by atoms with van der Waals surface area (Å²) in [6.45, 7) is 2.02. The van der Waals surface area contributed by atoms with Gasteiger partial charge < -0.3 is 5.32 Å². The number of nitrogens with zero attached hydrogens (tertiary/aromatic N) is 2. The number of rotatable bonds is 4. The van der Waals surface area contributed by atoms with E-state index < -0.39 is 0 Å². The van der Waals surface area contributed by atoms with Crippen molar-refractivity contribution in [2.45, 2.75) is 32.4 Å². The third-order valence-corrected chi connectivity index (χ3v) is 3.43. The molecule has 1 aliphatic rings. The summed E-state index contributed by atoms with van der Waals surface area (Å²) >= 11 is 0. The van der Waals surface area contributed by atoms with Gasteiger partial charge in [-0.25, -0.2) is 4.79 Å². The van der Waals surface area contributed by atoms with E-state index in [4.69, 9.17) is 0 Å². The molecule has 1 aromatic heterocycles. The largest absolute Gasteiger partial charge is 0.328 e. The van der Waals surface area contributed by atoms with E-state index in [0.29, 0.717) is 6.04 Å². The van der Waals surface area contributed by atoms with E-state index in [9.17, 15) is 9.59 Å². The fraction of sp³-hybridized carbons (Fsp3) is 0.333. The highest BCUT2D eigenvalue weighted by molar-refractivity contribution is 5.90. The number of carbonyl (C=O) groups excluding carboxylic acids is 1. The van der Waals surface area contributed by atoms with Gasteiger partial charge in [-0.05, 0) is 37.5 Å². The van der Waals surface area contributed by atoms with Gasteiger partial charge in [-0.2, -0.15) is 0 Å². The molecule has 1 amide bonds. The Morgan fingerprint density at radius 1 is 1.35 bits per heavy atom. The molecule has 0 unspecified atom stereocenters. The highest BCUT2D eigenvalue weighted by atomic mass is 16.2. The van der Waals surface area contributed by atoms with Crippen molar-refractivity contribution >= 4 is 11.6 Å². The van der Waals surface area contributed by atoms with Crippen LogP contribution in [-0.4, -0.2) is 15.0 Å². The Kier molecular flexibility index (Phi) is 3.18. The van der Waals surface area contributed by atoms with Gasteiger partial charge in [0.1, 0.15) is 6.54 Å². The number of hydrogen-bond donors (Lipinski definition) is 1. The normalized spacial score (nSPS) is 14.2. The van der Waals surface area contributed by atoms with Gasteiger partial charge in [0, 0.05) is 24.1 Å². The van der Waals surface area contributed by atoms with E-state index in [2.05, 4.69) is 5.32 Å². The Labute approximate surface area is 116 Å². The van der Waals surface area contributed by atoms with Crippen molar-refractivity contribution in [1.29, 1.82) is 0 Å². The molecule has 3 rings (SSSR count). The molecule has 1 saturated carbocycles. The standard InChI is InChI=1S/C15H17N3O2/c1-11-3-2-4-12(9-11)16-14(19)10-17-7-8-18(15(17)20)13-5-6-13/h2-4,7-9,13H,5-6,10H2,1H3,(H,16,19). The summed E-state index contributed by atoms with van der Waals surface area (Å²) in [6.07, 6.45) is 5.55. The average molecular weight is 271 g/mol. The molecule has 5 heteroatoms. The zero-order valence-corrected chi connectivity index (χ0v) is 11.4. The zero-order valence-electron chi connectivity index (χ0n) is 11.4. The summed E-state index contributed by atoms with van der Waals surface area (Å²) < 4.78 is 3.16. The van der Waals surface area contributed by atoms with Crippen LogP contribution in [-0.2, 0) is 11.3 Å². The first-order valence-electron chi connectivity index (χ1n) is 6.77. The summed E-state index contributed by atoms with van der Waals surface area (Å²) in [5, 5.41) is 2.80. The van der Waals surface area contributed by atoms with Crippen LogP contribution in [0, 0.1) is 6.92 Å². The Bertz CT molecular complexity index is 695. The average Bonchev–Trinajstić information content (AvgIpc) is 3.17. The summed E-state index contributed by atoms with van der Waals surface area (Å²) in [6, 6.07) is 7.93. The Hall–Kier alpha value is -2.30. The number of aromatic nitrogens is 2. The quantitative estimate of drug-likeness (QED) is 0.923. The van der Waals surface area contributed by atoms with Gasteiger partial charge in [-0.1, -0.05) is 12.1 Å². The monoisotopic (exact) mass is 271 g/mol. The summed E-state index contributed by atoms with van der Waals surface area (Å²) in [5.74, 6) is -0.189. The maximum Gasteiger partial charge on any atom is 0.328 e. The lowest BCUT2D eigenvalue weighted by Gasteiger charge is -2.06. The second kappa shape index (κ2) is 5.00. The molecule has 5 nitrogen and oxygen atoms in total. The van der Waals surface area contributed by atoms with Crippen molar-refractivity contribution in [3.63, 3.8) is 0 Å². The Morgan fingerprint density at radius 2 is 2.15 bits per heavy atom.